The van der Waals surface area contributed by atoms with Crippen LogP contribution >= 0.6 is 31.8 Å². The molecule has 0 saturated heterocycles. The van der Waals surface area contributed by atoms with E-state index in [4.69, 9.17) is 31.8 Å². The van der Waals surface area contributed by atoms with Crippen molar-refractivity contribution in [2.24, 2.45) is 0 Å². The zero-order valence-corrected chi connectivity index (χ0v) is 15.4. The molecule has 116 valence electrons. The van der Waals surface area contributed by atoms with E-state index in [1.54, 1.807) is 54.6 Å². The summed E-state index contributed by atoms with van der Waals surface area (Å²) < 4.78 is -1.06. The summed E-state index contributed by atoms with van der Waals surface area (Å²) in [5.74, 6) is -0.537. The van der Waals surface area contributed by atoms with Gasteiger partial charge in [0, 0.05) is 0 Å². The minimum atomic E-state index is -3.49. The van der Waals surface area contributed by atoms with Crippen molar-refractivity contribution >= 4 is 54.4 Å². The SMILES string of the molecule is O=C(C[Se](Cl)(Cl)C(Cl)C(=O)c1ccccc1)c1ccccc1. The van der Waals surface area contributed by atoms with Gasteiger partial charge in [-0.2, -0.15) is 0 Å². The Bertz CT molecular complexity index is 660. The first-order chi connectivity index (χ1) is 10.4. The molecule has 0 saturated carbocycles. The molecule has 2 rings (SSSR count). The van der Waals surface area contributed by atoms with E-state index in [1.165, 1.54) is 0 Å². The van der Waals surface area contributed by atoms with E-state index in [-0.39, 0.29) is 16.9 Å². The van der Waals surface area contributed by atoms with Crippen LogP contribution in [-0.2, 0) is 0 Å². The van der Waals surface area contributed by atoms with Gasteiger partial charge in [0.25, 0.3) is 0 Å². The van der Waals surface area contributed by atoms with Gasteiger partial charge in [0.15, 0.2) is 0 Å². The van der Waals surface area contributed by atoms with Crippen molar-refractivity contribution < 1.29 is 9.59 Å². The van der Waals surface area contributed by atoms with Crippen LogP contribution in [0.15, 0.2) is 60.7 Å². The normalized spacial score (nSPS) is 13.4. The molecule has 6 heteroatoms. The van der Waals surface area contributed by atoms with E-state index in [1.807, 2.05) is 6.07 Å². The first kappa shape index (κ1) is 17.5. The van der Waals surface area contributed by atoms with Crippen molar-refractivity contribution in [3.05, 3.63) is 71.8 Å². The maximum absolute atomic E-state index is 12.3. The summed E-state index contributed by atoms with van der Waals surface area (Å²) in [4.78, 5) is 24.6. The monoisotopic (exact) mass is 422 g/mol. The fourth-order valence-electron chi connectivity index (χ4n) is 1.85. The fourth-order valence-corrected chi connectivity index (χ4v) is 6.50. The quantitative estimate of drug-likeness (QED) is 0.380. The minimum absolute atomic E-state index is 0.0869. The van der Waals surface area contributed by atoms with Crippen molar-refractivity contribution in [1.29, 1.82) is 0 Å². The van der Waals surface area contributed by atoms with E-state index >= 15 is 0 Å². The van der Waals surface area contributed by atoms with E-state index < -0.39 is 15.3 Å². The fraction of sp³-hybridized carbons (Fsp3) is 0.125. The van der Waals surface area contributed by atoms with E-state index in [9.17, 15) is 9.59 Å². The summed E-state index contributed by atoms with van der Waals surface area (Å²) in [5, 5.41) is -0.0869. The second kappa shape index (κ2) is 7.63. The molecule has 0 radical (unpaired) electrons. The van der Waals surface area contributed by atoms with Crippen molar-refractivity contribution in [3.8, 4) is 0 Å². The van der Waals surface area contributed by atoms with Gasteiger partial charge in [-0.25, -0.2) is 0 Å². The first-order valence-electron chi connectivity index (χ1n) is 6.42. The van der Waals surface area contributed by atoms with E-state index in [0.717, 1.165) is 0 Å². The molecular formula is C16H13Cl3O2Se. The Balaban J connectivity index is 2.12. The van der Waals surface area contributed by atoms with Crippen LogP contribution in [0.1, 0.15) is 20.7 Å². The molecule has 0 amide bonds. The second-order valence-corrected chi connectivity index (χ2v) is 16.4. The molecule has 2 aromatic rings. The predicted octanol–water partition coefficient (Wildman–Crippen LogP) is 4.82. The molecule has 1 atom stereocenters. The molecule has 22 heavy (non-hydrogen) atoms. The van der Waals surface area contributed by atoms with Gasteiger partial charge in [-0.15, -0.1) is 0 Å². The van der Waals surface area contributed by atoms with Crippen molar-refractivity contribution in [1.82, 2.24) is 0 Å². The Kier molecular flexibility index (Phi) is 6.08. The Morgan fingerprint density at radius 1 is 0.864 bits per heavy atom. The van der Waals surface area contributed by atoms with Gasteiger partial charge >= 0.3 is 145 Å². The molecule has 0 fully saturated rings. The van der Waals surface area contributed by atoms with Gasteiger partial charge in [0.2, 0.25) is 0 Å². The van der Waals surface area contributed by atoms with Gasteiger partial charge in [-0.3, -0.25) is 0 Å². The molecule has 0 aliphatic heterocycles. The summed E-state index contributed by atoms with van der Waals surface area (Å²) in [6.07, 6.45) is 0. The predicted molar refractivity (Wildman–Crippen MR) is 93.5 cm³/mol. The van der Waals surface area contributed by atoms with Crippen molar-refractivity contribution in [3.63, 3.8) is 0 Å². The van der Waals surface area contributed by atoms with E-state index in [0.29, 0.717) is 11.1 Å². The molecule has 1 unspecified atom stereocenters. The van der Waals surface area contributed by atoms with Crippen molar-refractivity contribution in [2.45, 2.75) is 9.59 Å². The third-order valence-electron chi connectivity index (χ3n) is 2.99. The molecule has 2 nitrogen and oxygen atoms in total. The van der Waals surface area contributed by atoms with Crippen LogP contribution in [0, 0.1) is 0 Å². The summed E-state index contributed by atoms with van der Waals surface area (Å²) in [6.45, 7) is 0. The molecule has 0 aliphatic carbocycles. The van der Waals surface area contributed by atoms with Crippen LogP contribution in [0.5, 0.6) is 0 Å². The number of hydrogen-bond donors (Lipinski definition) is 0. The molecule has 2 aromatic carbocycles. The number of halogens is 3. The second-order valence-electron chi connectivity index (χ2n) is 4.60. The van der Waals surface area contributed by atoms with Gasteiger partial charge in [0.05, 0.1) is 0 Å². The zero-order chi connectivity index (χ0) is 16.2. The number of rotatable bonds is 6. The number of ketones is 2. The van der Waals surface area contributed by atoms with Gasteiger partial charge < -0.3 is 0 Å². The first-order valence-corrected chi connectivity index (χ1v) is 13.6. The summed E-state index contributed by atoms with van der Waals surface area (Å²) in [6, 6.07) is 17.3. The standard InChI is InChI=1S/C16H13Cl3O2Se/c17-16(15(21)13-9-5-2-6-10-13)22(18,19)11-14(20)12-7-3-1-4-8-12/h1-10,16H,11H2. The molecule has 0 bridgehead atoms. The summed E-state index contributed by atoms with van der Waals surface area (Å²) in [7, 11) is 12.6. The number of benzene rings is 2. The number of Topliss-reactive ketones (excluding diaryl/α,β-unsaturated/α-hetero) is 2. The average molecular weight is 423 g/mol. The van der Waals surface area contributed by atoms with Gasteiger partial charge in [0.1, 0.15) is 0 Å². The number of alkyl halides is 1. The third-order valence-corrected chi connectivity index (χ3v) is 11.8. The molecular weight excluding hydrogens is 409 g/mol. The number of carbonyl (C=O) groups is 2. The topological polar surface area (TPSA) is 34.1 Å². The Hall–Kier alpha value is -0.831. The number of carbonyl (C=O) groups excluding carboxylic acids is 2. The molecule has 0 N–H and O–H groups in total. The molecule has 0 aromatic heterocycles. The zero-order valence-electron chi connectivity index (χ0n) is 11.4. The number of hydrogen-bond acceptors (Lipinski definition) is 2. The Morgan fingerprint density at radius 3 is 1.82 bits per heavy atom. The average Bonchev–Trinajstić information content (AvgIpc) is 2.54. The van der Waals surface area contributed by atoms with E-state index in [2.05, 4.69) is 0 Å². The molecule has 0 heterocycles. The van der Waals surface area contributed by atoms with Crippen LogP contribution in [-0.4, -0.2) is 26.9 Å². The van der Waals surface area contributed by atoms with Crippen molar-refractivity contribution in [2.75, 3.05) is 0 Å². The molecule has 0 spiro atoms. The van der Waals surface area contributed by atoms with Crippen LogP contribution < -0.4 is 0 Å². The van der Waals surface area contributed by atoms with Crippen LogP contribution in [0.2, 0.25) is 5.32 Å². The summed E-state index contributed by atoms with van der Waals surface area (Å²) in [5.41, 5.74) is 0.957. The van der Waals surface area contributed by atoms with Gasteiger partial charge in [-0.05, 0) is 0 Å². The maximum atomic E-state index is 12.3. The van der Waals surface area contributed by atoms with Crippen LogP contribution in [0.3, 0.4) is 0 Å². The third kappa shape index (κ3) is 4.34. The molecule has 0 aliphatic rings. The van der Waals surface area contributed by atoms with Crippen LogP contribution in [0.25, 0.3) is 0 Å². The Labute approximate surface area is 145 Å². The van der Waals surface area contributed by atoms with Gasteiger partial charge in [-0.1, -0.05) is 0 Å². The summed E-state index contributed by atoms with van der Waals surface area (Å²) >= 11 is 2.70. The van der Waals surface area contributed by atoms with Crippen LogP contribution in [0.4, 0.5) is 0 Å². The Morgan fingerprint density at radius 2 is 1.32 bits per heavy atom.